The van der Waals surface area contributed by atoms with Gasteiger partial charge >= 0.3 is 0 Å². The maximum absolute atomic E-state index is 11.7. The number of hydrogen-bond donors (Lipinski definition) is 2. The van der Waals surface area contributed by atoms with Crippen LogP contribution < -0.4 is 10.6 Å². The number of thiophene rings is 1. The highest BCUT2D eigenvalue weighted by molar-refractivity contribution is 7.12. The van der Waals surface area contributed by atoms with E-state index in [0.717, 1.165) is 4.88 Å². The van der Waals surface area contributed by atoms with Gasteiger partial charge in [-0.3, -0.25) is 10.1 Å². The highest BCUT2D eigenvalue weighted by Gasteiger charge is 2.28. The lowest BCUT2D eigenvalue weighted by atomic mass is 10.2. The zero-order valence-electron chi connectivity index (χ0n) is 9.57. The standard InChI is InChI=1S/C11H15N3OS/c1-6(2)12-11-13-9(10(15)14-11)8-5-4-7(3)16-8/h4-6,9H,1-3H3,(H2,12,13,14,15). The van der Waals surface area contributed by atoms with Crippen molar-refractivity contribution in [1.29, 1.82) is 0 Å². The second-order valence-corrected chi connectivity index (χ2v) is 5.44. The average Bonchev–Trinajstić information content (AvgIpc) is 2.72. The molecule has 1 aliphatic rings. The SMILES string of the molecule is Cc1ccc(C2N=C(NC(C)C)NC2=O)s1. The number of hydrogen-bond acceptors (Lipinski definition) is 4. The Morgan fingerprint density at radius 1 is 1.50 bits per heavy atom. The van der Waals surface area contributed by atoms with E-state index in [1.54, 1.807) is 11.3 Å². The Bertz CT molecular complexity index is 436. The number of nitrogens with one attached hydrogen (secondary N) is 2. The summed E-state index contributed by atoms with van der Waals surface area (Å²) in [5.74, 6) is 0.529. The predicted molar refractivity (Wildman–Crippen MR) is 65.6 cm³/mol. The first-order valence-corrected chi connectivity index (χ1v) is 6.09. The Morgan fingerprint density at radius 2 is 2.25 bits per heavy atom. The minimum Gasteiger partial charge on any atom is -0.354 e. The Kier molecular flexibility index (Phi) is 2.96. The second-order valence-electron chi connectivity index (χ2n) is 4.12. The fourth-order valence-electron chi connectivity index (χ4n) is 1.55. The number of rotatable bonds is 2. The van der Waals surface area contributed by atoms with Gasteiger partial charge in [-0.15, -0.1) is 11.3 Å². The van der Waals surface area contributed by atoms with Crippen molar-refractivity contribution in [3.05, 3.63) is 21.9 Å². The van der Waals surface area contributed by atoms with Crippen LogP contribution in [0, 0.1) is 6.92 Å². The molecule has 1 unspecified atom stereocenters. The number of amides is 1. The van der Waals surface area contributed by atoms with Crippen molar-refractivity contribution in [3.63, 3.8) is 0 Å². The van der Waals surface area contributed by atoms with Crippen LogP contribution >= 0.6 is 11.3 Å². The van der Waals surface area contributed by atoms with E-state index < -0.39 is 0 Å². The van der Waals surface area contributed by atoms with Gasteiger partial charge in [0.25, 0.3) is 5.91 Å². The summed E-state index contributed by atoms with van der Waals surface area (Å²) < 4.78 is 0. The minimum absolute atomic E-state index is 0.0509. The summed E-state index contributed by atoms with van der Waals surface area (Å²) in [7, 11) is 0. The molecule has 0 aromatic carbocycles. The van der Waals surface area contributed by atoms with E-state index in [2.05, 4.69) is 15.6 Å². The van der Waals surface area contributed by atoms with E-state index in [-0.39, 0.29) is 18.0 Å². The van der Waals surface area contributed by atoms with Crippen molar-refractivity contribution in [2.45, 2.75) is 32.9 Å². The van der Waals surface area contributed by atoms with E-state index >= 15 is 0 Å². The number of aryl methyl sites for hydroxylation is 1. The van der Waals surface area contributed by atoms with E-state index in [0.29, 0.717) is 5.96 Å². The van der Waals surface area contributed by atoms with Crippen LogP contribution in [-0.4, -0.2) is 17.9 Å². The molecule has 1 amide bonds. The zero-order chi connectivity index (χ0) is 11.7. The summed E-state index contributed by atoms with van der Waals surface area (Å²) in [5, 5.41) is 5.85. The molecule has 2 N–H and O–H groups in total. The Labute approximate surface area is 98.8 Å². The molecule has 86 valence electrons. The summed E-state index contributed by atoms with van der Waals surface area (Å²) in [6, 6.07) is 3.87. The van der Waals surface area contributed by atoms with Crippen molar-refractivity contribution in [2.75, 3.05) is 0 Å². The van der Waals surface area contributed by atoms with Crippen molar-refractivity contribution >= 4 is 23.2 Å². The molecule has 1 atom stereocenters. The topological polar surface area (TPSA) is 53.5 Å². The molecule has 0 radical (unpaired) electrons. The summed E-state index contributed by atoms with van der Waals surface area (Å²) in [6.07, 6.45) is 0. The Balaban J connectivity index is 2.17. The number of aliphatic imine (C=N–C) groups is 1. The molecule has 5 heteroatoms. The fourth-order valence-corrected chi connectivity index (χ4v) is 2.46. The van der Waals surface area contributed by atoms with Crippen molar-refractivity contribution in [1.82, 2.24) is 10.6 Å². The maximum atomic E-state index is 11.7. The quantitative estimate of drug-likeness (QED) is 0.820. The van der Waals surface area contributed by atoms with Crippen LogP contribution in [0.5, 0.6) is 0 Å². The van der Waals surface area contributed by atoms with E-state index in [1.165, 1.54) is 4.88 Å². The zero-order valence-corrected chi connectivity index (χ0v) is 10.4. The highest BCUT2D eigenvalue weighted by Crippen LogP contribution is 2.27. The Morgan fingerprint density at radius 3 is 2.81 bits per heavy atom. The number of nitrogens with zero attached hydrogens (tertiary/aromatic N) is 1. The van der Waals surface area contributed by atoms with Crippen molar-refractivity contribution in [2.24, 2.45) is 4.99 Å². The highest BCUT2D eigenvalue weighted by atomic mass is 32.1. The lowest BCUT2D eigenvalue weighted by Crippen LogP contribution is -2.40. The van der Waals surface area contributed by atoms with E-state index in [4.69, 9.17) is 0 Å². The number of carbonyl (C=O) groups is 1. The molecular formula is C11H15N3OS. The van der Waals surface area contributed by atoms with Crippen molar-refractivity contribution < 1.29 is 4.79 Å². The molecule has 1 aliphatic heterocycles. The molecule has 16 heavy (non-hydrogen) atoms. The first kappa shape index (κ1) is 11.1. The van der Waals surface area contributed by atoms with Crippen LogP contribution in [0.25, 0.3) is 0 Å². The van der Waals surface area contributed by atoms with Gasteiger partial charge in [0.05, 0.1) is 0 Å². The third-order valence-electron chi connectivity index (χ3n) is 2.20. The molecule has 0 saturated carbocycles. The molecule has 2 rings (SSSR count). The molecule has 0 aliphatic carbocycles. The number of guanidine groups is 1. The molecular weight excluding hydrogens is 222 g/mol. The molecule has 4 nitrogen and oxygen atoms in total. The monoisotopic (exact) mass is 237 g/mol. The van der Waals surface area contributed by atoms with Crippen LogP contribution in [0.4, 0.5) is 0 Å². The van der Waals surface area contributed by atoms with Gasteiger partial charge < -0.3 is 5.32 Å². The molecule has 0 fully saturated rings. The third-order valence-corrected chi connectivity index (χ3v) is 3.26. The third kappa shape index (κ3) is 2.24. The van der Waals surface area contributed by atoms with Gasteiger partial charge in [0.2, 0.25) is 0 Å². The average molecular weight is 237 g/mol. The smallest absolute Gasteiger partial charge is 0.257 e. The van der Waals surface area contributed by atoms with Gasteiger partial charge in [0, 0.05) is 15.8 Å². The normalized spacial score (nSPS) is 19.9. The summed E-state index contributed by atoms with van der Waals surface area (Å²) in [4.78, 5) is 18.3. The Hall–Kier alpha value is -1.36. The van der Waals surface area contributed by atoms with Crippen LogP contribution in [0.3, 0.4) is 0 Å². The van der Waals surface area contributed by atoms with Crippen LogP contribution in [-0.2, 0) is 4.79 Å². The van der Waals surface area contributed by atoms with Gasteiger partial charge in [0.15, 0.2) is 12.0 Å². The van der Waals surface area contributed by atoms with Crippen LogP contribution in [0.2, 0.25) is 0 Å². The first-order chi connectivity index (χ1) is 7.56. The van der Waals surface area contributed by atoms with E-state index in [1.807, 2.05) is 32.9 Å². The lowest BCUT2D eigenvalue weighted by Gasteiger charge is -2.07. The van der Waals surface area contributed by atoms with Gasteiger partial charge in [-0.1, -0.05) is 0 Å². The summed E-state index contributed by atoms with van der Waals surface area (Å²) in [6.45, 7) is 6.05. The van der Waals surface area contributed by atoms with Crippen LogP contribution in [0.1, 0.15) is 29.6 Å². The largest absolute Gasteiger partial charge is 0.354 e. The summed E-state index contributed by atoms with van der Waals surface area (Å²) >= 11 is 1.61. The van der Waals surface area contributed by atoms with Crippen LogP contribution in [0.15, 0.2) is 17.1 Å². The second kappa shape index (κ2) is 4.25. The first-order valence-electron chi connectivity index (χ1n) is 5.28. The number of carbonyl (C=O) groups excluding carboxylic acids is 1. The molecule has 1 aromatic heterocycles. The van der Waals surface area contributed by atoms with E-state index in [9.17, 15) is 4.79 Å². The van der Waals surface area contributed by atoms with Gasteiger partial charge in [-0.25, -0.2) is 4.99 Å². The van der Waals surface area contributed by atoms with Gasteiger partial charge in [0.1, 0.15) is 0 Å². The summed E-state index contributed by atoms with van der Waals surface area (Å²) in [5.41, 5.74) is 0. The molecule has 1 aromatic rings. The van der Waals surface area contributed by atoms with Gasteiger partial charge in [-0.05, 0) is 32.9 Å². The fraction of sp³-hybridized carbons (Fsp3) is 0.455. The molecule has 0 spiro atoms. The van der Waals surface area contributed by atoms with Gasteiger partial charge in [-0.2, -0.15) is 0 Å². The maximum Gasteiger partial charge on any atom is 0.257 e. The molecule has 0 bridgehead atoms. The predicted octanol–water partition coefficient (Wildman–Crippen LogP) is 1.58. The minimum atomic E-state index is -0.375. The molecule has 2 heterocycles. The van der Waals surface area contributed by atoms with Crippen molar-refractivity contribution in [3.8, 4) is 0 Å². The molecule has 0 saturated heterocycles. The lowest BCUT2D eigenvalue weighted by molar-refractivity contribution is -0.120.